The maximum absolute atomic E-state index is 5.44. The summed E-state index contributed by atoms with van der Waals surface area (Å²) in [6.07, 6.45) is 5.15. The number of methoxy groups -OCH3 is 1. The van der Waals surface area contributed by atoms with Gasteiger partial charge in [-0.2, -0.15) is 0 Å². The minimum atomic E-state index is 0.684. The Morgan fingerprint density at radius 1 is 1.24 bits per heavy atom. The van der Waals surface area contributed by atoms with Gasteiger partial charge in [-0.3, -0.25) is 0 Å². The molecule has 2 nitrogen and oxygen atoms in total. The standard InChI is InChI=1S/C19H31NO/c1-14(2)17-10-9-15(3)13-18(17)20-12-11-16-7-5-6-8-19(16)21-4/h5-8,14-15,17-18,20H,9-13H2,1-4H3. The fourth-order valence-electron chi connectivity index (χ4n) is 3.74. The van der Waals surface area contributed by atoms with E-state index in [-0.39, 0.29) is 0 Å². The normalized spacial score (nSPS) is 26.0. The molecule has 0 spiro atoms. The van der Waals surface area contributed by atoms with Gasteiger partial charge >= 0.3 is 0 Å². The maximum atomic E-state index is 5.44. The second kappa shape index (κ2) is 7.84. The number of ether oxygens (including phenoxy) is 1. The van der Waals surface area contributed by atoms with Gasteiger partial charge in [-0.1, -0.05) is 45.4 Å². The van der Waals surface area contributed by atoms with E-state index in [1.165, 1.54) is 24.8 Å². The number of benzene rings is 1. The lowest BCUT2D eigenvalue weighted by Gasteiger charge is -2.38. The predicted octanol–water partition coefficient (Wildman–Crippen LogP) is 4.29. The number of rotatable bonds is 6. The Bertz CT molecular complexity index is 429. The highest BCUT2D eigenvalue weighted by molar-refractivity contribution is 5.33. The van der Waals surface area contributed by atoms with E-state index >= 15 is 0 Å². The second-order valence-corrected chi connectivity index (χ2v) is 6.95. The van der Waals surface area contributed by atoms with E-state index in [0.29, 0.717) is 6.04 Å². The average Bonchev–Trinajstić information content (AvgIpc) is 2.47. The van der Waals surface area contributed by atoms with Gasteiger partial charge in [0.1, 0.15) is 5.75 Å². The van der Waals surface area contributed by atoms with Gasteiger partial charge in [0, 0.05) is 6.04 Å². The van der Waals surface area contributed by atoms with Crippen LogP contribution >= 0.6 is 0 Å². The highest BCUT2D eigenvalue weighted by atomic mass is 16.5. The van der Waals surface area contributed by atoms with Crippen LogP contribution in [0.2, 0.25) is 0 Å². The van der Waals surface area contributed by atoms with E-state index in [1.807, 2.05) is 6.07 Å². The summed E-state index contributed by atoms with van der Waals surface area (Å²) in [5.74, 6) is 3.49. The lowest BCUT2D eigenvalue weighted by atomic mass is 9.74. The monoisotopic (exact) mass is 289 g/mol. The number of hydrogen-bond donors (Lipinski definition) is 1. The van der Waals surface area contributed by atoms with Gasteiger partial charge in [0.15, 0.2) is 0 Å². The third-order valence-electron chi connectivity index (χ3n) is 5.02. The third kappa shape index (κ3) is 4.47. The fraction of sp³-hybridized carbons (Fsp3) is 0.684. The molecule has 0 aliphatic heterocycles. The van der Waals surface area contributed by atoms with E-state index in [0.717, 1.165) is 36.5 Å². The van der Waals surface area contributed by atoms with Crippen LogP contribution in [0.4, 0.5) is 0 Å². The Morgan fingerprint density at radius 2 is 2.00 bits per heavy atom. The Balaban J connectivity index is 1.88. The van der Waals surface area contributed by atoms with Crippen LogP contribution in [0.1, 0.15) is 45.6 Å². The summed E-state index contributed by atoms with van der Waals surface area (Å²) in [5, 5.41) is 3.83. The van der Waals surface area contributed by atoms with Gasteiger partial charge in [0.05, 0.1) is 7.11 Å². The van der Waals surface area contributed by atoms with Gasteiger partial charge < -0.3 is 10.1 Å². The van der Waals surface area contributed by atoms with Crippen LogP contribution in [0.5, 0.6) is 5.75 Å². The molecule has 1 aromatic carbocycles. The van der Waals surface area contributed by atoms with Crippen molar-refractivity contribution >= 4 is 0 Å². The first kappa shape index (κ1) is 16.4. The predicted molar refractivity (Wildman–Crippen MR) is 89.8 cm³/mol. The van der Waals surface area contributed by atoms with Crippen LogP contribution in [0, 0.1) is 17.8 Å². The first-order valence-electron chi connectivity index (χ1n) is 8.47. The Morgan fingerprint density at radius 3 is 2.71 bits per heavy atom. The van der Waals surface area contributed by atoms with E-state index in [1.54, 1.807) is 7.11 Å². The summed E-state index contributed by atoms with van der Waals surface area (Å²) in [5.41, 5.74) is 1.30. The van der Waals surface area contributed by atoms with Gasteiger partial charge in [0.2, 0.25) is 0 Å². The molecule has 1 fully saturated rings. The third-order valence-corrected chi connectivity index (χ3v) is 5.02. The molecule has 1 aliphatic rings. The molecule has 2 rings (SSSR count). The van der Waals surface area contributed by atoms with Crippen LogP contribution in [-0.2, 0) is 6.42 Å². The molecular formula is C19H31NO. The molecular weight excluding hydrogens is 258 g/mol. The molecule has 1 aliphatic carbocycles. The van der Waals surface area contributed by atoms with Crippen molar-refractivity contribution in [3.8, 4) is 5.75 Å². The lowest BCUT2D eigenvalue weighted by Crippen LogP contribution is -2.43. The van der Waals surface area contributed by atoms with E-state index < -0.39 is 0 Å². The Labute approximate surface area is 130 Å². The zero-order valence-electron chi connectivity index (χ0n) is 14.1. The summed E-state index contributed by atoms with van der Waals surface area (Å²) in [6.45, 7) is 8.18. The quantitative estimate of drug-likeness (QED) is 0.843. The topological polar surface area (TPSA) is 21.3 Å². The Hall–Kier alpha value is -1.02. The van der Waals surface area contributed by atoms with E-state index in [2.05, 4.69) is 44.3 Å². The largest absolute Gasteiger partial charge is 0.496 e. The molecule has 1 saturated carbocycles. The molecule has 3 unspecified atom stereocenters. The summed E-state index contributed by atoms with van der Waals surface area (Å²) in [6, 6.07) is 9.03. The molecule has 1 N–H and O–H groups in total. The average molecular weight is 289 g/mol. The molecule has 0 radical (unpaired) electrons. The summed E-state index contributed by atoms with van der Waals surface area (Å²) in [4.78, 5) is 0. The van der Waals surface area contributed by atoms with Crippen LogP contribution in [0.15, 0.2) is 24.3 Å². The van der Waals surface area contributed by atoms with Crippen molar-refractivity contribution in [2.24, 2.45) is 17.8 Å². The van der Waals surface area contributed by atoms with Crippen molar-refractivity contribution in [3.05, 3.63) is 29.8 Å². The lowest BCUT2D eigenvalue weighted by molar-refractivity contribution is 0.171. The molecule has 118 valence electrons. The second-order valence-electron chi connectivity index (χ2n) is 6.95. The van der Waals surface area contributed by atoms with Crippen molar-refractivity contribution in [2.75, 3.05) is 13.7 Å². The SMILES string of the molecule is COc1ccccc1CCNC1CC(C)CCC1C(C)C. The molecule has 0 amide bonds. The zero-order valence-corrected chi connectivity index (χ0v) is 14.1. The minimum Gasteiger partial charge on any atom is -0.496 e. The number of para-hydroxylation sites is 1. The highest BCUT2D eigenvalue weighted by Gasteiger charge is 2.30. The van der Waals surface area contributed by atoms with Gasteiger partial charge in [-0.25, -0.2) is 0 Å². The number of hydrogen-bond acceptors (Lipinski definition) is 2. The van der Waals surface area contributed by atoms with Crippen molar-refractivity contribution < 1.29 is 4.74 Å². The van der Waals surface area contributed by atoms with Crippen molar-refractivity contribution in [3.63, 3.8) is 0 Å². The Kier molecular flexibility index (Phi) is 6.10. The van der Waals surface area contributed by atoms with Crippen LogP contribution in [0.3, 0.4) is 0 Å². The van der Waals surface area contributed by atoms with Crippen molar-refractivity contribution in [1.29, 1.82) is 0 Å². The van der Waals surface area contributed by atoms with E-state index in [9.17, 15) is 0 Å². The van der Waals surface area contributed by atoms with Gasteiger partial charge in [0.25, 0.3) is 0 Å². The van der Waals surface area contributed by atoms with Crippen LogP contribution in [0.25, 0.3) is 0 Å². The first-order valence-corrected chi connectivity index (χ1v) is 8.47. The summed E-state index contributed by atoms with van der Waals surface area (Å²) >= 11 is 0. The van der Waals surface area contributed by atoms with Gasteiger partial charge in [-0.05, 0) is 55.2 Å². The van der Waals surface area contributed by atoms with Crippen molar-refractivity contribution in [2.45, 2.75) is 52.5 Å². The molecule has 3 atom stereocenters. The minimum absolute atomic E-state index is 0.684. The molecule has 0 bridgehead atoms. The summed E-state index contributed by atoms with van der Waals surface area (Å²) < 4.78 is 5.44. The molecule has 0 saturated heterocycles. The first-order chi connectivity index (χ1) is 10.1. The highest BCUT2D eigenvalue weighted by Crippen LogP contribution is 2.33. The summed E-state index contributed by atoms with van der Waals surface area (Å²) in [7, 11) is 1.75. The van der Waals surface area contributed by atoms with Crippen LogP contribution in [-0.4, -0.2) is 19.7 Å². The van der Waals surface area contributed by atoms with Crippen molar-refractivity contribution in [1.82, 2.24) is 5.32 Å². The molecule has 0 aromatic heterocycles. The van der Waals surface area contributed by atoms with Gasteiger partial charge in [-0.15, -0.1) is 0 Å². The smallest absolute Gasteiger partial charge is 0.122 e. The number of nitrogens with one attached hydrogen (secondary N) is 1. The molecule has 2 heteroatoms. The fourth-order valence-corrected chi connectivity index (χ4v) is 3.74. The van der Waals surface area contributed by atoms with Crippen LogP contribution < -0.4 is 10.1 Å². The zero-order chi connectivity index (χ0) is 15.2. The van der Waals surface area contributed by atoms with E-state index in [4.69, 9.17) is 4.74 Å². The maximum Gasteiger partial charge on any atom is 0.122 e. The molecule has 1 aromatic rings. The molecule has 0 heterocycles. The molecule has 21 heavy (non-hydrogen) atoms.